The SMILES string of the molecule is CC(C)(C)c1ccc(-c2nnc(-c3ccc(/C=C/c4ccc(/C=C/c5ccc(N(c6ccc(/C=C/c7ccc(/C=C/c8ccc(-c9nnc(-c%10ccc(C(C)(C)C)cc%10)o9)cc8)cc7)cc6)c6ccc(/C=C/c7ccc(/C=C/c8ccc(-c9nnc(-c%10ccc(C(C)(C)C)cc%10)o9)cc8)cc7)cc6)cc5)cc4)cc3)o2)cc1. The third-order valence-electron chi connectivity index (χ3n) is 19.8. The minimum absolute atomic E-state index is 0.0688. The molecule has 0 amide bonds. The number of anilines is 3. The molecule has 0 N–H and O–H groups in total. The van der Waals surface area contributed by atoms with Crippen LogP contribution in [0.2, 0.25) is 0 Å². The molecule has 12 aromatic carbocycles. The lowest BCUT2D eigenvalue weighted by Crippen LogP contribution is -2.10. The number of nitrogens with zero attached hydrogens (tertiary/aromatic N) is 7. The van der Waals surface area contributed by atoms with Crippen LogP contribution in [0.5, 0.6) is 0 Å². The summed E-state index contributed by atoms with van der Waals surface area (Å²) in [6, 6.07) is 101. The second kappa shape index (κ2) is 32.6. The van der Waals surface area contributed by atoms with Crippen molar-refractivity contribution in [3.05, 3.63) is 375 Å². The lowest BCUT2D eigenvalue weighted by atomic mass is 9.87. The van der Waals surface area contributed by atoms with E-state index < -0.39 is 0 Å². The molecule has 3 aromatic heterocycles. The van der Waals surface area contributed by atoms with Crippen LogP contribution in [0, 0.1) is 0 Å². The normalized spacial score (nSPS) is 12.3. The van der Waals surface area contributed by atoms with Crippen molar-refractivity contribution >= 4 is 90.0 Å². The molecule has 0 aliphatic rings. The Morgan fingerprint density at radius 3 is 0.446 bits per heavy atom. The summed E-state index contributed by atoms with van der Waals surface area (Å²) in [5.74, 6) is 3.00. The molecule has 15 aromatic rings. The van der Waals surface area contributed by atoms with Crippen LogP contribution < -0.4 is 4.90 Å². The molecule has 0 fully saturated rings. The number of rotatable bonds is 21. The fraction of sp³-hybridized carbons (Fsp3) is 0.118. The lowest BCUT2D eigenvalue weighted by molar-refractivity contribution is 0.582. The molecule has 10 heteroatoms. The van der Waals surface area contributed by atoms with Gasteiger partial charge in [-0.2, -0.15) is 0 Å². The monoisotopic (exact) mass is 1460 g/mol. The second-order valence-corrected chi connectivity index (χ2v) is 31.2. The molecule has 548 valence electrons. The van der Waals surface area contributed by atoms with E-state index in [-0.39, 0.29) is 16.2 Å². The first-order chi connectivity index (χ1) is 54.3. The smallest absolute Gasteiger partial charge is 0.248 e. The summed E-state index contributed by atoms with van der Waals surface area (Å²) in [4.78, 5) is 2.31. The van der Waals surface area contributed by atoms with Gasteiger partial charge in [-0.25, -0.2) is 0 Å². The van der Waals surface area contributed by atoms with Crippen molar-refractivity contribution in [1.29, 1.82) is 0 Å². The number of hydrogen-bond acceptors (Lipinski definition) is 10. The summed E-state index contributed by atoms with van der Waals surface area (Å²) in [5, 5.41) is 26.1. The number of hydrogen-bond donors (Lipinski definition) is 0. The molecule has 0 aliphatic carbocycles. The van der Waals surface area contributed by atoms with Gasteiger partial charge in [-0.15, -0.1) is 30.6 Å². The third kappa shape index (κ3) is 18.5. The highest BCUT2D eigenvalue weighted by molar-refractivity contribution is 5.83. The van der Waals surface area contributed by atoms with E-state index in [1.807, 2.05) is 72.8 Å². The Hall–Kier alpha value is -13.7. The van der Waals surface area contributed by atoms with Gasteiger partial charge in [0.2, 0.25) is 35.3 Å². The van der Waals surface area contributed by atoms with Crippen LogP contribution in [-0.4, -0.2) is 30.6 Å². The van der Waals surface area contributed by atoms with Crippen molar-refractivity contribution in [2.75, 3.05) is 4.90 Å². The Morgan fingerprint density at radius 2 is 0.304 bits per heavy atom. The van der Waals surface area contributed by atoms with Gasteiger partial charge in [0.05, 0.1) is 0 Å². The van der Waals surface area contributed by atoms with Crippen molar-refractivity contribution in [3.8, 4) is 68.7 Å². The average Bonchev–Trinajstić information content (AvgIpc) is 1.13. The zero-order valence-electron chi connectivity index (χ0n) is 64.5. The number of aromatic nitrogens is 6. The van der Waals surface area contributed by atoms with Crippen LogP contribution in [0.15, 0.2) is 304 Å². The van der Waals surface area contributed by atoms with Gasteiger partial charge in [0, 0.05) is 50.4 Å². The van der Waals surface area contributed by atoms with Gasteiger partial charge in [0.1, 0.15) is 0 Å². The van der Waals surface area contributed by atoms with Crippen molar-refractivity contribution < 1.29 is 13.3 Å². The Bertz CT molecular complexity index is 5280. The summed E-state index contributed by atoms with van der Waals surface area (Å²) in [7, 11) is 0. The molecular formula is C102H87N7O3. The van der Waals surface area contributed by atoms with Crippen LogP contribution in [0.3, 0.4) is 0 Å². The number of benzene rings is 12. The Morgan fingerprint density at radius 1 is 0.179 bits per heavy atom. The fourth-order valence-corrected chi connectivity index (χ4v) is 12.9. The Balaban J connectivity index is 0.590. The van der Waals surface area contributed by atoms with E-state index in [1.54, 1.807) is 0 Å². The van der Waals surface area contributed by atoms with Gasteiger partial charge in [-0.3, -0.25) is 0 Å². The van der Waals surface area contributed by atoms with Crippen LogP contribution in [-0.2, 0) is 16.2 Å². The van der Waals surface area contributed by atoms with E-state index in [1.165, 1.54) is 16.7 Å². The van der Waals surface area contributed by atoms with E-state index in [9.17, 15) is 0 Å². The Labute approximate surface area is 656 Å². The molecule has 15 rings (SSSR count). The lowest BCUT2D eigenvalue weighted by Gasteiger charge is -2.26. The highest BCUT2D eigenvalue weighted by Crippen LogP contribution is 2.38. The summed E-state index contributed by atoms with van der Waals surface area (Å²) in [6.07, 6.45) is 25.7. The minimum atomic E-state index is 0.0688. The van der Waals surface area contributed by atoms with Gasteiger partial charge in [-0.05, 0) is 209 Å². The van der Waals surface area contributed by atoms with Gasteiger partial charge in [0.25, 0.3) is 0 Å². The maximum absolute atomic E-state index is 6.10. The van der Waals surface area contributed by atoms with Crippen molar-refractivity contribution in [2.24, 2.45) is 0 Å². The maximum atomic E-state index is 6.10. The van der Waals surface area contributed by atoms with Gasteiger partial charge < -0.3 is 18.2 Å². The first kappa shape index (κ1) is 73.8. The van der Waals surface area contributed by atoms with E-state index in [0.29, 0.717) is 35.3 Å². The molecule has 112 heavy (non-hydrogen) atoms. The fourth-order valence-electron chi connectivity index (χ4n) is 12.9. The van der Waals surface area contributed by atoms with E-state index in [0.717, 1.165) is 117 Å². The average molecular weight is 1460 g/mol. The molecule has 3 heterocycles. The van der Waals surface area contributed by atoms with Gasteiger partial charge in [-0.1, -0.05) is 317 Å². The molecule has 0 bridgehead atoms. The molecule has 0 unspecified atom stereocenters. The second-order valence-electron chi connectivity index (χ2n) is 31.2. The molecule has 0 saturated carbocycles. The van der Waals surface area contributed by atoms with E-state index in [4.69, 9.17) is 13.3 Å². The highest BCUT2D eigenvalue weighted by atomic mass is 16.4. The Kier molecular flexibility index (Phi) is 21.5. The summed E-state index contributed by atoms with van der Waals surface area (Å²) in [5.41, 5.74) is 25.6. The molecule has 10 nitrogen and oxygen atoms in total. The summed E-state index contributed by atoms with van der Waals surface area (Å²) < 4.78 is 18.3. The van der Waals surface area contributed by atoms with Crippen molar-refractivity contribution in [3.63, 3.8) is 0 Å². The van der Waals surface area contributed by atoms with Gasteiger partial charge >= 0.3 is 0 Å². The standard InChI is InChI=1S/C102H87N7O3/c1-100(2,3)88-58-52-85(53-59-88)97-106-103-94(110-97)82-46-34-76(35-47-82)28-22-70-10-16-73(17-11-70)25-31-79-40-64-91(65-41-79)109(92-66-42-80(43-67-92)32-26-74-18-12-71(13-19-74)23-29-77-36-48-83(49-37-77)95-104-107-98(111-95)86-54-60-89(61-55-86)101(4,5)6)93-68-44-81(45-69-93)33-27-75-20-14-72(15-21-75)24-30-78-38-50-84(51-39-78)96-105-108-99(112-96)87-56-62-90(63-57-87)102(7,8)9/h10-69H,1-9H3/b28-22+,29-23+,30-24+,31-25+,32-26+,33-27+. The molecule has 0 spiro atoms. The van der Waals surface area contributed by atoms with Gasteiger partial charge in [0.15, 0.2) is 0 Å². The largest absolute Gasteiger partial charge is 0.416 e. The first-order valence-electron chi connectivity index (χ1n) is 37.9. The predicted octanol–water partition coefficient (Wildman–Crippen LogP) is 27.2. The van der Waals surface area contributed by atoms with Crippen LogP contribution in [0.25, 0.3) is 142 Å². The third-order valence-corrected chi connectivity index (χ3v) is 19.8. The zero-order chi connectivity index (χ0) is 77.2. The summed E-state index contributed by atoms with van der Waals surface area (Å²) >= 11 is 0. The van der Waals surface area contributed by atoms with Crippen LogP contribution in [0.4, 0.5) is 17.1 Å². The molecule has 0 atom stereocenters. The highest BCUT2D eigenvalue weighted by Gasteiger charge is 2.20. The predicted molar refractivity (Wildman–Crippen MR) is 466 cm³/mol. The van der Waals surface area contributed by atoms with Crippen molar-refractivity contribution in [1.82, 2.24) is 30.6 Å². The molecular weight excluding hydrogens is 1370 g/mol. The molecule has 0 saturated heterocycles. The van der Waals surface area contributed by atoms with Crippen molar-refractivity contribution in [2.45, 2.75) is 78.6 Å². The van der Waals surface area contributed by atoms with E-state index >= 15 is 0 Å². The molecule has 0 aliphatic heterocycles. The maximum Gasteiger partial charge on any atom is 0.248 e. The van der Waals surface area contributed by atoms with E-state index in [2.05, 4.69) is 389 Å². The minimum Gasteiger partial charge on any atom is -0.416 e. The topological polar surface area (TPSA) is 120 Å². The summed E-state index contributed by atoms with van der Waals surface area (Å²) in [6.45, 7) is 19.8. The zero-order valence-corrected chi connectivity index (χ0v) is 64.5. The first-order valence-corrected chi connectivity index (χ1v) is 37.9. The quantitative estimate of drug-likeness (QED) is 0.0643. The van der Waals surface area contributed by atoms with Crippen LogP contribution in [0.1, 0.15) is 146 Å². The molecule has 0 radical (unpaired) electrons. The van der Waals surface area contributed by atoms with Crippen LogP contribution >= 0.6 is 0 Å².